The minimum absolute atomic E-state index is 0.00910. The number of hydrogen-bond donors (Lipinski definition) is 3. The molecular formula is C13H19NO4. The molecule has 2 rings (SSSR count). The summed E-state index contributed by atoms with van der Waals surface area (Å²) >= 11 is 0. The lowest BCUT2D eigenvalue weighted by Gasteiger charge is -2.20. The van der Waals surface area contributed by atoms with Crippen LogP contribution in [0.5, 0.6) is 17.2 Å². The number of ether oxygens (including phenoxy) is 2. The van der Waals surface area contributed by atoms with E-state index in [4.69, 9.17) is 9.47 Å². The molecule has 18 heavy (non-hydrogen) atoms. The molecule has 0 spiro atoms. The molecule has 0 radical (unpaired) electrons. The molecule has 0 saturated carbocycles. The molecule has 1 aromatic carbocycles. The predicted molar refractivity (Wildman–Crippen MR) is 66.8 cm³/mol. The third-order valence-electron chi connectivity index (χ3n) is 3.13. The number of nitrogens with one attached hydrogen (secondary N) is 1. The standard InChI is InChI=1S/C13H19NO4/c1-8(2)10(6-15)14-5-9-3-12-13(4-11(9)16)18-7-17-12/h3-4,8,10,14-16H,5-7H2,1-2H3. The molecule has 5 nitrogen and oxygen atoms in total. The van der Waals surface area contributed by atoms with E-state index in [0.717, 1.165) is 5.56 Å². The second-order valence-electron chi connectivity index (χ2n) is 4.75. The van der Waals surface area contributed by atoms with Crippen molar-refractivity contribution in [2.24, 2.45) is 5.92 Å². The molecule has 3 N–H and O–H groups in total. The van der Waals surface area contributed by atoms with Crippen molar-refractivity contribution >= 4 is 0 Å². The van der Waals surface area contributed by atoms with Crippen molar-refractivity contribution in [3.63, 3.8) is 0 Å². The smallest absolute Gasteiger partial charge is 0.231 e. The van der Waals surface area contributed by atoms with Gasteiger partial charge in [0.2, 0.25) is 6.79 Å². The monoisotopic (exact) mass is 253 g/mol. The Morgan fingerprint density at radius 3 is 2.56 bits per heavy atom. The van der Waals surface area contributed by atoms with Gasteiger partial charge >= 0.3 is 0 Å². The van der Waals surface area contributed by atoms with Crippen LogP contribution in [-0.4, -0.2) is 29.7 Å². The topological polar surface area (TPSA) is 71.0 Å². The molecule has 5 heteroatoms. The van der Waals surface area contributed by atoms with Crippen molar-refractivity contribution in [3.05, 3.63) is 17.7 Å². The fraction of sp³-hybridized carbons (Fsp3) is 0.538. The third-order valence-corrected chi connectivity index (χ3v) is 3.13. The zero-order valence-corrected chi connectivity index (χ0v) is 10.6. The van der Waals surface area contributed by atoms with Gasteiger partial charge in [0, 0.05) is 24.2 Å². The molecule has 1 unspecified atom stereocenters. The average molecular weight is 253 g/mol. The number of fused-ring (bicyclic) bond motifs is 1. The molecule has 0 amide bonds. The van der Waals surface area contributed by atoms with E-state index >= 15 is 0 Å². The molecule has 0 bridgehead atoms. The van der Waals surface area contributed by atoms with Gasteiger partial charge in [0.25, 0.3) is 0 Å². The van der Waals surface area contributed by atoms with E-state index in [2.05, 4.69) is 5.32 Å². The van der Waals surface area contributed by atoms with E-state index in [1.54, 1.807) is 12.1 Å². The number of aromatic hydroxyl groups is 1. The first-order valence-electron chi connectivity index (χ1n) is 6.07. The Balaban J connectivity index is 2.05. The average Bonchev–Trinajstić information content (AvgIpc) is 2.76. The summed E-state index contributed by atoms with van der Waals surface area (Å²) in [6.07, 6.45) is 0. The highest BCUT2D eigenvalue weighted by atomic mass is 16.7. The highest BCUT2D eigenvalue weighted by molar-refractivity contribution is 5.51. The largest absolute Gasteiger partial charge is 0.507 e. The van der Waals surface area contributed by atoms with Gasteiger partial charge in [-0.3, -0.25) is 0 Å². The van der Waals surface area contributed by atoms with Gasteiger partial charge in [-0.05, 0) is 12.0 Å². The fourth-order valence-corrected chi connectivity index (χ4v) is 1.87. The van der Waals surface area contributed by atoms with E-state index in [9.17, 15) is 10.2 Å². The van der Waals surface area contributed by atoms with Gasteiger partial charge in [0.05, 0.1) is 6.61 Å². The van der Waals surface area contributed by atoms with Gasteiger partial charge < -0.3 is 25.0 Å². The van der Waals surface area contributed by atoms with Crippen LogP contribution in [0.25, 0.3) is 0 Å². The van der Waals surface area contributed by atoms with Gasteiger partial charge in [0.15, 0.2) is 11.5 Å². The minimum Gasteiger partial charge on any atom is -0.507 e. The van der Waals surface area contributed by atoms with Gasteiger partial charge in [-0.15, -0.1) is 0 Å². The highest BCUT2D eigenvalue weighted by Crippen LogP contribution is 2.37. The van der Waals surface area contributed by atoms with Crippen molar-refractivity contribution in [1.82, 2.24) is 5.32 Å². The van der Waals surface area contributed by atoms with Crippen LogP contribution >= 0.6 is 0 Å². The molecule has 1 aliphatic rings. The third kappa shape index (κ3) is 2.68. The normalized spacial score (nSPS) is 15.1. The Bertz CT molecular complexity index is 420. The van der Waals surface area contributed by atoms with E-state index in [1.165, 1.54) is 0 Å². The maximum atomic E-state index is 9.86. The zero-order valence-electron chi connectivity index (χ0n) is 10.6. The van der Waals surface area contributed by atoms with E-state index < -0.39 is 0 Å². The SMILES string of the molecule is CC(C)C(CO)NCc1cc2c(cc1O)OCO2. The Labute approximate surface area is 106 Å². The predicted octanol–water partition coefficient (Wildman–Crippen LogP) is 1.23. The molecule has 0 fully saturated rings. The van der Waals surface area contributed by atoms with Crippen LogP contribution in [0, 0.1) is 5.92 Å². The zero-order chi connectivity index (χ0) is 13.1. The van der Waals surface area contributed by atoms with Crippen LogP contribution in [0.3, 0.4) is 0 Å². The summed E-state index contributed by atoms with van der Waals surface area (Å²) in [7, 11) is 0. The van der Waals surface area contributed by atoms with Gasteiger partial charge in [-0.1, -0.05) is 13.8 Å². The lowest BCUT2D eigenvalue weighted by Crippen LogP contribution is -2.36. The Hall–Kier alpha value is -1.46. The number of aliphatic hydroxyl groups excluding tert-OH is 1. The summed E-state index contributed by atoms with van der Waals surface area (Å²) in [5.74, 6) is 1.71. The van der Waals surface area contributed by atoms with Gasteiger partial charge in [-0.25, -0.2) is 0 Å². The maximum Gasteiger partial charge on any atom is 0.231 e. The number of benzene rings is 1. The number of rotatable bonds is 5. The quantitative estimate of drug-likeness (QED) is 0.736. The molecule has 0 saturated heterocycles. The first-order chi connectivity index (χ1) is 8.61. The molecule has 0 aromatic heterocycles. The number of phenolic OH excluding ortho intramolecular Hbond substituents is 1. The lowest BCUT2D eigenvalue weighted by molar-refractivity contribution is 0.174. The molecule has 1 heterocycles. The van der Waals surface area contributed by atoms with Crippen LogP contribution in [0.2, 0.25) is 0 Å². The second kappa shape index (κ2) is 5.46. The van der Waals surface area contributed by atoms with E-state index in [-0.39, 0.29) is 25.2 Å². The van der Waals surface area contributed by atoms with Crippen molar-refractivity contribution in [3.8, 4) is 17.2 Å². The van der Waals surface area contributed by atoms with Crippen molar-refractivity contribution in [2.45, 2.75) is 26.4 Å². The fourth-order valence-electron chi connectivity index (χ4n) is 1.87. The first kappa shape index (κ1) is 13.0. The Morgan fingerprint density at radius 1 is 1.28 bits per heavy atom. The van der Waals surface area contributed by atoms with Crippen LogP contribution in [0.4, 0.5) is 0 Å². The minimum atomic E-state index is 0.00910. The summed E-state index contributed by atoms with van der Waals surface area (Å²) in [6.45, 7) is 4.81. The van der Waals surface area contributed by atoms with E-state index in [0.29, 0.717) is 24.0 Å². The number of aliphatic hydroxyl groups is 1. The molecule has 100 valence electrons. The van der Waals surface area contributed by atoms with E-state index in [1.807, 2.05) is 13.8 Å². The summed E-state index contributed by atoms with van der Waals surface area (Å²) in [6, 6.07) is 3.33. The molecule has 1 aliphatic heterocycles. The lowest BCUT2D eigenvalue weighted by atomic mass is 10.0. The number of phenols is 1. The Morgan fingerprint density at radius 2 is 1.94 bits per heavy atom. The summed E-state index contributed by atoms with van der Waals surface area (Å²) in [5, 5.41) is 22.3. The van der Waals surface area contributed by atoms with Crippen molar-refractivity contribution < 1.29 is 19.7 Å². The summed E-state index contributed by atoms with van der Waals surface area (Å²) in [4.78, 5) is 0. The van der Waals surface area contributed by atoms with Crippen LogP contribution in [0.1, 0.15) is 19.4 Å². The molecule has 0 aliphatic carbocycles. The number of hydrogen-bond acceptors (Lipinski definition) is 5. The van der Waals surface area contributed by atoms with Gasteiger partial charge in [0.1, 0.15) is 5.75 Å². The molecular weight excluding hydrogens is 234 g/mol. The molecule has 1 atom stereocenters. The maximum absolute atomic E-state index is 9.86. The summed E-state index contributed by atoms with van der Waals surface area (Å²) < 4.78 is 10.4. The van der Waals surface area contributed by atoms with Crippen molar-refractivity contribution in [2.75, 3.05) is 13.4 Å². The molecule has 1 aromatic rings. The van der Waals surface area contributed by atoms with Crippen LogP contribution < -0.4 is 14.8 Å². The van der Waals surface area contributed by atoms with Gasteiger partial charge in [-0.2, -0.15) is 0 Å². The van der Waals surface area contributed by atoms with Crippen LogP contribution in [0.15, 0.2) is 12.1 Å². The van der Waals surface area contributed by atoms with Crippen molar-refractivity contribution in [1.29, 1.82) is 0 Å². The second-order valence-corrected chi connectivity index (χ2v) is 4.75. The first-order valence-corrected chi connectivity index (χ1v) is 6.07. The highest BCUT2D eigenvalue weighted by Gasteiger charge is 2.18. The summed E-state index contributed by atoms with van der Waals surface area (Å²) in [5.41, 5.74) is 0.735. The van der Waals surface area contributed by atoms with Crippen LogP contribution in [-0.2, 0) is 6.54 Å². The Kier molecular flexibility index (Phi) is 3.93.